The highest BCUT2D eigenvalue weighted by atomic mass is 32.2. The quantitative estimate of drug-likeness (QED) is 0.453. The van der Waals surface area contributed by atoms with Gasteiger partial charge in [0, 0.05) is 11.6 Å². The van der Waals surface area contributed by atoms with Crippen LogP contribution in [0.15, 0.2) is 52.0 Å². The normalized spacial score (nSPS) is 11.3. The molecule has 0 saturated carbocycles. The molecule has 28 heavy (non-hydrogen) atoms. The molecule has 0 aliphatic heterocycles. The second-order valence-electron chi connectivity index (χ2n) is 5.62. The van der Waals surface area contributed by atoms with Crippen LogP contribution in [0.1, 0.15) is 5.89 Å². The van der Waals surface area contributed by atoms with Crippen LogP contribution in [-0.4, -0.2) is 33.9 Å². The predicted molar refractivity (Wildman–Crippen MR) is 98.6 cm³/mol. The van der Waals surface area contributed by atoms with Crippen LogP contribution in [0, 0.1) is 0 Å². The van der Waals surface area contributed by atoms with Gasteiger partial charge in [-0.15, -0.1) is 10.2 Å². The van der Waals surface area contributed by atoms with Crippen LogP contribution in [0.5, 0.6) is 11.5 Å². The Balaban J connectivity index is 1.43. The van der Waals surface area contributed by atoms with E-state index in [0.717, 1.165) is 11.3 Å². The first-order valence-electron chi connectivity index (χ1n) is 8.15. The number of nitrogens with zero attached hydrogens (tertiary/aromatic N) is 3. The molecule has 10 heteroatoms. The second kappa shape index (κ2) is 7.85. The summed E-state index contributed by atoms with van der Waals surface area (Å²) < 4.78 is 39.8. The summed E-state index contributed by atoms with van der Waals surface area (Å²) in [7, 11) is 1.60. The Morgan fingerprint density at radius 2 is 1.89 bits per heavy atom. The van der Waals surface area contributed by atoms with E-state index in [1.807, 2.05) is 24.3 Å². The van der Waals surface area contributed by atoms with Crippen molar-refractivity contribution in [2.75, 3.05) is 7.11 Å². The van der Waals surface area contributed by atoms with Crippen molar-refractivity contribution in [3.8, 4) is 23.0 Å². The number of benzene rings is 2. The zero-order valence-corrected chi connectivity index (χ0v) is 15.4. The number of ether oxygens (including phenoxy) is 2. The van der Waals surface area contributed by atoms with Crippen molar-refractivity contribution in [1.82, 2.24) is 20.2 Å². The lowest BCUT2D eigenvalue weighted by molar-refractivity contribution is -0.0497. The molecular formula is C18H14F2N4O3S. The van der Waals surface area contributed by atoms with Crippen LogP contribution in [0.3, 0.4) is 0 Å². The Morgan fingerprint density at radius 1 is 1.11 bits per heavy atom. The van der Waals surface area contributed by atoms with E-state index < -0.39 is 6.61 Å². The van der Waals surface area contributed by atoms with E-state index in [4.69, 9.17) is 9.15 Å². The number of halogens is 2. The summed E-state index contributed by atoms with van der Waals surface area (Å²) in [6.45, 7) is -2.87. The van der Waals surface area contributed by atoms with Gasteiger partial charge in [-0.05, 0) is 36.4 Å². The Kier molecular flexibility index (Phi) is 5.11. The van der Waals surface area contributed by atoms with Gasteiger partial charge in [-0.3, -0.25) is 0 Å². The molecule has 0 bridgehead atoms. The average Bonchev–Trinajstić information content (AvgIpc) is 3.32. The highest BCUT2D eigenvalue weighted by Gasteiger charge is 2.12. The van der Waals surface area contributed by atoms with Gasteiger partial charge in [0.1, 0.15) is 11.5 Å². The molecule has 4 rings (SSSR count). The van der Waals surface area contributed by atoms with Gasteiger partial charge in [0.15, 0.2) is 5.16 Å². The third kappa shape index (κ3) is 4.06. The first-order valence-corrected chi connectivity index (χ1v) is 9.13. The molecule has 0 unspecified atom stereocenters. The van der Waals surface area contributed by atoms with Crippen LogP contribution < -0.4 is 9.47 Å². The Morgan fingerprint density at radius 3 is 2.64 bits per heavy atom. The van der Waals surface area contributed by atoms with Crippen molar-refractivity contribution >= 4 is 22.8 Å². The molecule has 2 aromatic carbocycles. The number of imidazole rings is 1. The number of aromatic nitrogens is 4. The molecule has 7 nitrogen and oxygen atoms in total. The lowest BCUT2D eigenvalue weighted by atomic mass is 10.2. The molecule has 4 aromatic rings. The van der Waals surface area contributed by atoms with Gasteiger partial charge in [-0.25, -0.2) is 4.98 Å². The predicted octanol–water partition coefficient (Wildman–Crippen LogP) is 4.52. The highest BCUT2D eigenvalue weighted by molar-refractivity contribution is 7.98. The van der Waals surface area contributed by atoms with Crippen molar-refractivity contribution in [3.05, 3.63) is 48.4 Å². The number of fused-ring (bicyclic) bond motifs is 1. The summed E-state index contributed by atoms with van der Waals surface area (Å²) in [5, 5.41) is 8.69. The lowest BCUT2D eigenvalue weighted by Gasteiger charge is -2.02. The van der Waals surface area contributed by atoms with E-state index in [1.165, 1.54) is 23.9 Å². The van der Waals surface area contributed by atoms with Crippen molar-refractivity contribution in [1.29, 1.82) is 0 Å². The smallest absolute Gasteiger partial charge is 0.387 e. The van der Waals surface area contributed by atoms with Gasteiger partial charge in [0.05, 0.1) is 23.9 Å². The van der Waals surface area contributed by atoms with Gasteiger partial charge in [-0.1, -0.05) is 11.8 Å². The van der Waals surface area contributed by atoms with E-state index in [0.29, 0.717) is 33.7 Å². The number of hydrogen-bond donors (Lipinski definition) is 1. The topological polar surface area (TPSA) is 86.1 Å². The van der Waals surface area contributed by atoms with Crippen LogP contribution in [-0.2, 0) is 5.75 Å². The first-order chi connectivity index (χ1) is 13.6. The van der Waals surface area contributed by atoms with Gasteiger partial charge in [0.25, 0.3) is 0 Å². The number of hydrogen-bond acceptors (Lipinski definition) is 7. The number of alkyl halides is 2. The highest BCUT2D eigenvalue weighted by Crippen LogP contribution is 2.27. The fourth-order valence-electron chi connectivity index (χ4n) is 2.50. The molecular weight excluding hydrogens is 390 g/mol. The summed E-state index contributed by atoms with van der Waals surface area (Å²) in [6, 6.07) is 11.8. The van der Waals surface area contributed by atoms with Crippen LogP contribution >= 0.6 is 11.8 Å². The van der Waals surface area contributed by atoms with Gasteiger partial charge in [0.2, 0.25) is 11.8 Å². The molecule has 0 fully saturated rings. The number of aromatic amines is 1. The molecule has 0 aliphatic rings. The van der Waals surface area contributed by atoms with Crippen LogP contribution in [0.4, 0.5) is 8.78 Å². The summed E-state index contributed by atoms with van der Waals surface area (Å²) in [6.07, 6.45) is 0. The van der Waals surface area contributed by atoms with Gasteiger partial charge < -0.3 is 18.9 Å². The standard InChI is InChI=1S/C18H14F2N4O3S/c1-25-11-4-2-10(3-5-11)16-24-23-15(27-16)9-28-18-21-13-7-6-12(26-17(19)20)8-14(13)22-18/h2-8,17H,9H2,1H3,(H,21,22). The van der Waals surface area contributed by atoms with Gasteiger partial charge >= 0.3 is 6.61 Å². The molecule has 0 radical (unpaired) electrons. The maximum Gasteiger partial charge on any atom is 0.387 e. The van der Waals surface area contributed by atoms with Crippen molar-refractivity contribution in [3.63, 3.8) is 0 Å². The molecule has 2 aromatic heterocycles. The average molecular weight is 404 g/mol. The molecule has 0 aliphatic carbocycles. The Labute approximate surface area is 162 Å². The lowest BCUT2D eigenvalue weighted by Crippen LogP contribution is -2.01. The fraction of sp³-hybridized carbons (Fsp3) is 0.167. The van der Waals surface area contributed by atoms with Crippen molar-refractivity contribution in [2.45, 2.75) is 17.5 Å². The monoisotopic (exact) mass is 404 g/mol. The molecule has 144 valence electrons. The number of rotatable bonds is 7. The number of methoxy groups -OCH3 is 1. The van der Waals surface area contributed by atoms with Crippen LogP contribution in [0.25, 0.3) is 22.5 Å². The minimum absolute atomic E-state index is 0.0729. The SMILES string of the molecule is COc1ccc(-c2nnc(CSc3nc4ccc(OC(F)F)cc4[nH]3)o2)cc1. The van der Waals surface area contributed by atoms with E-state index in [1.54, 1.807) is 13.2 Å². The van der Waals surface area contributed by atoms with E-state index in [9.17, 15) is 8.78 Å². The van der Waals surface area contributed by atoms with Crippen molar-refractivity contribution < 1.29 is 22.7 Å². The fourth-order valence-corrected chi connectivity index (χ4v) is 3.22. The third-order valence-electron chi connectivity index (χ3n) is 3.79. The molecule has 0 amide bonds. The summed E-state index contributed by atoms with van der Waals surface area (Å²) in [5.41, 5.74) is 2.04. The van der Waals surface area contributed by atoms with E-state index in [-0.39, 0.29) is 5.75 Å². The minimum Gasteiger partial charge on any atom is -0.497 e. The van der Waals surface area contributed by atoms with E-state index in [2.05, 4.69) is 24.9 Å². The number of H-pyrrole nitrogens is 1. The maximum atomic E-state index is 12.3. The molecule has 1 N–H and O–H groups in total. The largest absolute Gasteiger partial charge is 0.497 e. The van der Waals surface area contributed by atoms with Gasteiger partial charge in [-0.2, -0.15) is 8.78 Å². The minimum atomic E-state index is -2.87. The maximum absolute atomic E-state index is 12.3. The first kappa shape index (κ1) is 18.2. The zero-order chi connectivity index (χ0) is 19.5. The Bertz CT molecular complexity index is 1080. The summed E-state index contributed by atoms with van der Waals surface area (Å²) in [5.74, 6) is 2.08. The molecule has 2 heterocycles. The molecule has 0 atom stereocenters. The van der Waals surface area contributed by atoms with E-state index >= 15 is 0 Å². The zero-order valence-electron chi connectivity index (χ0n) is 14.6. The third-order valence-corrected chi connectivity index (χ3v) is 4.65. The van der Waals surface area contributed by atoms with Crippen LogP contribution in [0.2, 0.25) is 0 Å². The molecule has 0 spiro atoms. The number of nitrogens with one attached hydrogen (secondary N) is 1. The summed E-state index contributed by atoms with van der Waals surface area (Å²) in [4.78, 5) is 7.45. The molecule has 0 saturated heterocycles. The number of thioether (sulfide) groups is 1. The summed E-state index contributed by atoms with van der Waals surface area (Å²) >= 11 is 1.36. The second-order valence-corrected chi connectivity index (χ2v) is 6.58. The van der Waals surface area contributed by atoms with Crippen molar-refractivity contribution in [2.24, 2.45) is 0 Å². The Hall–Kier alpha value is -3.14.